The molecule has 0 bridgehead atoms. The summed E-state index contributed by atoms with van der Waals surface area (Å²) in [6.07, 6.45) is -1.43. The van der Waals surface area contributed by atoms with Crippen LogP contribution in [0.3, 0.4) is 0 Å². The molecule has 286 valence electrons. The lowest BCUT2D eigenvalue weighted by molar-refractivity contribution is -0.143. The molecule has 0 aromatic carbocycles. The molecule has 0 saturated heterocycles. The van der Waals surface area contributed by atoms with Crippen molar-refractivity contribution in [2.24, 2.45) is 23.3 Å². The minimum Gasteiger partial charge on any atom is -0.481 e. The van der Waals surface area contributed by atoms with Gasteiger partial charge in [-0.15, -0.1) is 0 Å². The topological polar surface area (TPSA) is 342 Å². The summed E-state index contributed by atoms with van der Waals surface area (Å²) >= 11 is 0. The van der Waals surface area contributed by atoms with Crippen LogP contribution in [0.2, 0.25) is 0 Å². The summed E-state index contributed by atoms with van der Waals surface area (Å²) in [4.78, 5) is 99.7. The quantitative estimate of drug-likeness (QED) is 0.0420. The number of carbonyl (C=O) groups is 8. The SMILES string of the molecule is CC(C)[C@H](NC(=O)[C@H](CCCCN)NC(=O)[C@@H](NC(=O)CNC(=O)[C@@H](NC(=O)[C@H](CCC(=O)O)NC(=O)[C@@H](N)CO)[C@@H](C)O)C(C)C)C(=O)O. The van der Waals surface area contributed by atoms with Gasteiger partial charge < -0.3 is 63.8 Å². The minimum absolute atomic E-state index is 0.134. The van der Waals surface area contributed by atoms with Gasteiger partial charge in [-0.25, -0.2) is 4.79 Å². The summed E-state index contributed by atoms with van der Waals surface area (Å²) in [6, 6.07) is -8.18. The van der Waals surface area contributed by atoms with Gasteiger partial charge in [-0.1, -0.05) is 27.7 Å². The molecule has 0 unspecified atom stereocenters. The average molecular weight is 719 g/mol. The van der Waals surface area contributed by atoms with E-state index in [9.17, 15) is 48.6 Å². The van der Waals surface area contributed by atoms with Crippen LogP contribution in [0, 0.1) is 11.8 Å². The Labute approximate surface area is 290 Å². The summed E-state index contributed by atoms with van der Waals surface area (Å²) in [5.74, 6) is -8.94. The van der Waals surface area contributed by atoms with E-state index in [0.717, 1.165) is 6.92 Å². The Hall–Kier alpha value is -4.40. The molecule has 0 aromatic heterocycles. The second kappa shape index (κ2) is 23.1. The third kappa shape index (κ3) is 16.8. The van der Waals surface area contributed by atoms with E-state index in [1.165, 1.54) is 0 Å². The molecule has 14 N–H and O–H groups in total. The predicted octanol–water partition coefficient (Wildman–Crippen LogP) is -4.38. The minimum atomic E-state index is -1.68. The van der Waals surface area contributed by atoms with Crippen molar-refractivity contribution >= 4 is 47.4 Å². The van der Waals surface area contributed by atoms with Crippen molar-refractivity contribution in [3.8, 4) is 0 Å². The maximum absolute atomic E-state index is 13.3. The van der Waals surface area contributed by atoms with E-state index in [0.29, 0.717) is 19.4 Å². The molecule has 0 aromatic rings. The number of rotatable bonds is 24. The highest BCUT2D eigenvalue weighted by Gasteiger charge is 2.33. The molecule has 0 heterocycles. The van der Waals surface area contributed by atoms with E-state index in [1.807, 2.05) is 0 Å². The molecule has 6 amide bonds. The van der Waals surface area contributed by atoms with Crippen LogP contribution in [0.15, 0.2) is 0 Å². The molecular weight excluding hydrogens is 664 g/mol. The van der Waals surface area contributed by atoms with Gasteiger partial charge in [-0.05, 0) is 51.0 Å². The number of aliphatic carboxylic acids is 2. The second-order valence-corrected chi connectivity index (χ2v) is 12.4. The summed E-state index contributed by atoms with van der Waals surface area (Å²) in [5, 5.41) is 51.8. The van der Waals surface area contributed by atoms with E-state index in [2.05, 4.69) is 31.9 Å². The number of hydrogen-bond donors (Lipinski definition) is 12. The van der Waals surface area contributed by atoms with Gasteiger partial charge in [-0.3, -0.25) is 33.6 Å². The third-order valence-corrected chi connectivity index (χ3v) is 7.38. The highest BCUT2D eigenvalue weighted by molar-refractivity contribution is 5.96. The van der Waals surface area contributed by atoms with Crippen molar-refractivity contribution in [2.45, 2.75) is 109 Å². The fraction of sp³-hybridized carbons (Fsp3) is 0.733. The van der Waals surface area contributed by atoms with Crippen LogP contribution in [0.5, 0.6) is 0 Å². The number of aliphatic hydroxyl groups is 2. The first-order valence-corrected chi connectivity index (χ1v) is 16.2. The number of carboxylic acid groups (broad SMARTS) is 2. The zero-order chi connectivity index (χ0) is 38.7. The number of nitrogens with one attached hydrogen (secondary N) is 6. The smallest absolute Gasteiger partial charge is 0.326 e. The highest BCUT2D eigenvalue weighted by Crippen LogP contribution is 2.09. The van der Waals surface area contributed by atoms with E-state index >= 15 is 0 Å². The van der Waals surface area contributed by atoms with Crippen LogP contribution >= 0.6 is 0 Å². The molecule has 7 atom stereocenters. The number of carboxylic acids is 2. The monoisotopic (exact) mass is 718 g/mol. The lowest BCUT2D eigenvalue weighted by atomic mass is 10.0. The van der Waals surface area contributed by atoms with Gasteiger partial charge in [0, 0.05) is 6.42 Å². The first-order valence-electron chi connectivity index (χ1n) is 16.2. The molecular formula is C30H54N8O12. The van der Waals surface area contributed by atoms with Crippen LogP contribution in [0.25, 0.3) is 0 Å². The summed E-state index contributed by atoms with van der Waals surface area (Å²) in [7, 11) is 0. The lowest BCUT2D eigenvalue weighted by Crippen LogP contribution is -2.60. The maximum Gasteiger partial charge on any atom is 0.326 e. The van der Waals surface area contributed by atoms with Crippen LogP contribution in [-0.4, -0.2) is 130 Å². The summed E-state index contributed by atoms with van der Waals surface area (Å²) in [5.41, 5.74) is 11.0. The molecule has 0 radical (unpaired) electrons. The van der Waals surface area contributed by atoms with E-state index in [-0.39, 0.29) is 6.42 Å². The van der Waals surface area contributed by atoms with Gasteiger partial charge in [0.15, 0.2) is 0 Å². The van der Waals surface area contributed by atoms with Crippen LogP contribution in [-0.2, 0) is 38.4 Å². The van der Waals surface area contributed by atoms with Gasteiger partial charge in [0.05, 0.1) is 19.3 Å². The van der Waals surface area contributed by atoms with Gasteiger partial charge in [0.25, 0.3) is 0 Å². The third-order valence-electron chi connectivity index (χ3n) is 7.38. The number of aliphatic hydroxyl groups excluding tert-OH is 2. The fourth-order valence-electron chi connectivity index (χ4n) is 4.38. The number of nitrogens with two attached hydrogens (primary N) is 2. The second-order valence-electron chi connectivity index (χ2n) is 12.4. The van der Waals surface area contributed by atoms with Crippen molar-refractivity contribution < 1.29 is 58.8 Å². The molecule has 0 aliphatic heterocycles. The fourth-order valence-corrected chi connectivity index (χ4v) is 4.38. The van der Waals surface area contributed by atoms with Crippen molar-refractivity contribution in [2.75, 3.05) is 19.7 Å². The summed E-state index contributed by atoms with van der Waals surface area (Å²) < 4.78 is 0. The Morgan fingerprint density at radius 1 is 0.640 bits per heavy atom. The van der Waals surface area contributed by atoms with Gasteiger partial charge in [0.1, 0.15) is 36.3 Å². The molecule has 20 nitrogen and oxygen atoms in total. The molecule has 50 heavy (non-hydrogen) atoms. The lowest BCUT2D eigenvalue weighted by Gasteiger charge is -2.27. The molecule has 20 heteroatoms. The van der Waals surface area contributed by atoms with Crippen molar-refractivity contribution in [3.05, 3.63) is 0 Å². The van der Waals surface area contributed by atoms with Crippen molar-refractivity contribution in [1.82, 2.24) is 31.9 Å². The summed E-state index contributed by atoms with van der Waals surface area (Å²) in [6.45, 7) is 6.41. The number of unbranched alkanes of at least 4 members (excludes halogenated alkanes) is 1. The average Bonchev–Trinajstić information content (AvgIpc) is 3.03. The van der Waals surface area contributed by atoms with Gasteiger partial charge >= 0.3 is 11.9 Å². The van der Waals surface area contributed by atoms with E-state index in [4.69, 9.17) is 21.7 Å². The Kier molecular flexibility index (Phi) is 21.1. The zero-order valence-corrected chi connectivity index (χ0v) is 29.1. The molecule has 0 aliphatic carbocycles. The first-order chi connectivity index (χ1) is 23.3. The number of amides is 6. The number of hydrogen-bond acceptors (Lipinski definition) is 12. The molecule has 0 fully saturated rings. The van der Waals surface area contributed by atoms with Crippen LogP contribution < -0.4 is 43.4 Å². The molecule has 0 saturated carbocycles. The highest BCUT2D eigenvalue weighted by atomic mass is 16.4. The van der Waals surface area contributed by atoms with Crippen molar-refractivity contribution in [1.29, 1.82) is 0 Å². The zero-order valence-electron chi connectivity index (χ0n) is 29.1. The molecule has 0 spiro atoms. The Balaban J connectivity index is 5.65. The van der Waals surface area contributed by atoms with Crippen molar-refractivity contribution in [3.63, 3.8) is 0 Å². The molecule has 0 rings (SSSR count). The van der Waals surface area contributed by atoms with E-state index in [1.54, 1.807) is 27.7 Å². The van der Waals surface area contributed by atoms with E-state index < -0.39 is 128 Å². The number of carbonyl (C=O) groups excluding carboxylic acids is 6. The maximum atomic E-state index is 13.3. The normalized spacial score (nSPS) is 15.3. The predicted molar refractivity (Wildman–Crippen MR) is 176 cm³/mol. The molecule has 0 aliphatic rings. The van der Waals surface area contributed by atoms with Crippen LogP contribution in [0.1, 0.15) is 66.7 Å². The van der Waals surface area contributed by atoms with Gasteiger partial charge in [-0.2, -0.15) is 0 Å². The Morgan fingerprint density at radius 3 is 1.62 bits per heavy atom. The van der Waals surface area contributed by atoms with Crippen LogP contribution in [0.4, 0.5) is 0 Å². The standard InChI is InChI=1S/C30H54N8O12/c1-14(2)22(29(48)35-18(8-6-7-11-31)26(45)37-23(15(3)4)30(49)50)36-20(41)12-33-28(47)24(16(5)40)38-27(46)19(9-10-21(42)43)34-25(44)17(32)13-39/h14-19,22-24,39-40H,6-13,31-32H2,1-5H3,(H,33,47)(H,34,44)(H,35,48)(H,36,41)(H,37,45)(H,38,46)(H,42,43)(H,49,50)/t16-,17+,18+,19+,22+,23+,24+/m1/s1. The Bertz CT molecular complexity index is 1180. The van der Waals surface area contributed by atoms with Gasteiger partial charge in [0.2, 0.25) is 35.4 Å². The first kappa shape index (κ1) is 45.6. The largest absolute Gasteiger partial charge is 0.481 e. The Morgan fingerprint density at radius 2 is 1.16 bits per heavy atom.